The zero-order valence-electron chi connectivity index (χ0n) is 12.3. The molecule has 0 amide bonds. The fourth-order valence-electron chi connectivity index (χ4n) is 2.64. The number of nitrogens with zero attached hydrogens (tertiary/aromatic N) is 1. The molecule has 0 saturated heterocycles. The average molecular weight is 258 g/mol. The predicted molar refractivity (Wildman–Crippen MR) is 83.6 cm³/mol. The molecule has 2 rings (SSSR count). The molecule has 0 unspecified atom stereocenters. The van der Waals surface area contributed by atoms with E-state index in [4.69, 9.17) is 5.73 Å². The Morgan fingerprint density at radius 2 is 2.00 bits per heavy atom. The van der Waals surface area contributed by atoms with Crippen molar-refractivity contribution >= 4 is 10.9 Å². The summed E-state index contributed by atoms with van der Waals surface area (Å²) < 4.78 is 2.42. The Balaban J connectivity index is 2.40. The van der Waals surface area contributed by atoms with E-state index in [0.717, 1.165) is 32.4 Å². The number of aryl methyl sites for hydroxylation is 3. The summed E-state index contributed by atoms with van der Waals surface area (Å²) >= 11 is 0. The number of hydrogen-bond donors (Lipinski definition) is 1. The van der Waals surface area contributed by atoms with Crippen molar-refractivity contribution in [1.82, 2.24) is 4.57 Å². The molecule has 1 heterocycles. The normalized spacial score (nSPS) is 11.3. The summed E-state index contributed by atoms with van der Waals surface area (Å²) in [5.41, 5.74) is 9.93. The van der Waals surface area contributed by atoms with Gasteiger partial charge in [-0.1, -0.05) is 26.3 Å². The highest BCUT2D eigenvalue weighted by molar-refractivity contribution is 5.84. The first-order valence-corrected chi connectivity index (χ1v) is 7.60. The van der Waals surface area contributed by atoms with Crippen LogP contribution in [-0.4, -0.2) is 11.1 Å². The van der Waals surface area contributed by atoms with Crippen LogP contribution in [0.5, 0.6) is 0 Å². The highest BCUT2D eigenvalue weighted by Crippen LogP contribution is 2.25. The Bertz CT molecular complexity index is 525. The van der Waals surface area contributed by atoms with Gasteiger partial charge in [-0.15, -0.1) is 0 Å². The average Bonchev–Trinajstić information content (AvgIpc) is 2.80. The zero-order chi connectivity index (χ0) is 13.7. The molecule has 19 heavy (non-hydrogen) atoms. The molecule has 0 radical (unpaired) electrons. The molecule has 1 aromatic carbocycles. The summed E-state index contributed by atoms with van der Waals surface area (Å²) in [6.45, 7) is 6.36. The van der Waals surface area contributed by atoms with E-state index in [2.05, 4.69) is 42.8 Å². The van der Waals surface area contributed by atoms with Crippen molar-refractivity contribution in [2.24, 2.45) is 5.73 Å². The predicted octanol–water partition coefficient (Wildman–Crippen LogP) is 3.90. The Morgan fingerprint density at radius 1 is 1.16 bits per heavy atom. The van der Waals surface area contributed by atoms with Gasteiger partial charge in [0.25, 0.3) is 0 Å². The van der Waals surface area contributed by atoms with E-state index in [1.54, 1.807) is 0 Å². The number of aromatic nitrogens is 1. The molecule has 0 aliphatic heterocycles. The second-order valence-electron chi connectivity index (χ2n) is 5.30. The third kappa shape index (κ3) is 3.19. The molecule has 0 saturated carbocycles. The number of benzene rings is 1. The quantitative estimate of drug-likeness (QED) is 0.802. The molecule has 0 fully saturated rings. The fraction of sp³-hybridized carbons (Fsp3) is 0.529. The Kier molecular flexibility index (Phi) is 5.03. The van der Waals surface area contributed by atoms with Gasteiger partial charge in [-0.3, -0.25) is 0 Å². The lowest BCUT2D eigenvalue weighted by molar-refractivity contribution is 0.647. The highest BCUT2D eigenvalue weighted by atomic mass is 15.0. The minimum Gasteiger partial charge on any atom is -0.347 e. The van der Waals surface area contributed by atoms with Gasteiger partial charge >= 0.3 is 0 Å². The van der Waals surface area contributed by atoms with E-state index >= 15 is 0 Å². The van der Waals surface area contributed by atoms with E-state index in [1.807, 2.05) is 0 Å². The van der Waals surface area contributed by atoms with Crippen LogP contribution < -0.4 is 5.73 Å². The number of hydrogen-bond acceptors (Lipinski definition) is 1. The molecule has 0 spiro atoms. The summed E-state index contributed by atoms with van der Waals surface area (Å²) in [7, 11) is 0. The number of nitrogens with two attached hydrogens (primary N) is 1. The van der Waals surface area contributed by atoms with Gasteiger partial charge in [0.05, 0.1) is 0 Å². The van der Waals surface area contributed by atoms with E-state index < -0.39 is 0 Å². The molecule has 0 aliphatic rings. The lowest BCUT2D eigenvalue weighted by atomic mass is 10.0. The van der Waals surface area contributed by atoms with E-state index in [1.165, 1.54) is 34.9 Å². The number of unbranched alkanes of at least 4 members (excludes halogenated alkanes) is 1. The molecular formula is C17H26N2. The van der Waals surface area contributed by atoms with Crippen molar-refractivity contribution in [2.75, 3.05) is 6.54 Å². The summed E-state index contributed by atoms with van der Waals surface area (Å²) in [4.78, 5) is 0. The minimum atomic E-state index is 0.773. The summed E-state index contributed by atoms with van der Waals surface area (Å²) in [6.07, 6.45) is 8.10. The molecular weight excluding hydrogens is 232 g/mol. The van der Waals surface area contributed by atoms with Gasteiger partial charge in [0, 0.05) is 23.6 Å². The Labute approximate surface area is 116 Å². The van der Waals surface area contributed by atoms with Gasteiger partial charge in [-0.25, -0.2) is 0 Å². The van der Waals surface area contributed by atoms with Crippen LogP contribution in [0.25, 0.3) is 10.9 Å². The SMILES string of the molecule is CCCCn1cc(CCCN)c2cc(CC)ccc21. The van der Waals surface area contributed by atoms with E-state index in [9.17, 15) is 0 Å². The number of rotatable bonds is 7. The summed E-state index contributed by atoms with van der Waals surface area (Å²) in [6, 6.07) is 6.91. The van der Waals surface area contributed by atoms with Crippen LogP contribution in [0, 0.1) is 0 Å². The van der Waals surface area contributed by atoms with E-state index in [-0.39, 0.29) is 0 Å². The topological polar surface area (TPSA) is 30.9 Å². The highest BCUT2D eigenvalue weighted by Gasteiger charge is 2.08. The van der Waals surface area contributed by atoms with Crippen molar-refractivity contribution in [1.29, 1.82) is 0 Å². The van der Waals surface area contributed by atoms with Crippen molar-refractivity contribution in [2.45, 2.75) is 52.5 Å². The van der Waals surface area contributed by atoms with Gasteiger partial charge in [0.1, 0.15) is 0 Å². The molecule has 1 aromatic heterocycles. The van der Waals surface area contributed by atoms with Gasteiger partial charge in [0.2, 0.25) is 0 Å². The maximum absolute atomic E-state index is 5.66. The van der Waals surface area contributed by atoms with Crippen molar-refractivity contribution in [3.63, 3.8) is 0 Å². The molecule has 104 valence electrons. The number of fused-ring (bicyclic) bond motifs is 1. The van der Waals surface area contributed by atoms with Gasteiger partial charge in [0.15, 0.2) is 0 Å². The van der Waals surface area contributed by atoms with Crippen LogP contribution in [0.4, 0.5) is 0 Å². The first kappa shape index (κ1) is 14.1. The molecule has 2 N–H and O–H groups in total. The molecule has 2 aromatic rings. The maximum Gasteiger partial charge on any atom is 0.0483 e. The minimum absolute atomic E-state index is 0.773. The van der Waals surface area contributed by atoms with E-state index in [0.29, 0.717) is 0 Å². The second kappa shape index (κ2) is 6.76. The largest absolute Gasteiger partial charge is 0.347 e. The lowest BCUT2D eigenvalue weighted by Gasteiger charge is -2.04. The van der Waals surface area contributed by atoms with Crippen molar-refractivity contribution in [3.05, 3.63) is 35.5 Å². The van der Waals surface area contributed by atoms with Crippen molar-refractivity contribution < 1.29 is 0 Å². The fourth-order valence-corrected chi connectivity index (χ4v) is 2.64. The van der Waals surface area contributed by atoms with Gasteiger partial charge in [-0.2, -0.15) is 0 Å². The third-order valence-corrected chi connectivity index (χ3v) is 3.84. The van der Waals surface area contributed by atoms with Crippen LogP contribution in [0.15, 0.2) is 24.4 Å². The van der Waals surface area contributed by atoms with Crippen molar-refractivity contribution in [3.8, 4) is 0 Å². The summed E-state index contributed by atoms with van der Waals surface area (Å²) in [5, 5.41) is 1.43. The second-order valence-corrected chi connectivity index (χ2v) is 5.30. The third-order valence-electron chi connectivity index (χ3n) is 3.84. The first-order valence-electron chi connectivity index (χ1n) is 7.60. The molecule has 2 nitrogen and oxygen atoms in total. The van der Waals surface area contributed by atoms with Crippen LogP contribution >= 0.6 is 0 Å². The first-order chi connectivity index (χ1) is 9.30. The zero-order valence-corrected chi connectivity index (χ0v) is 12.3. The Hall–Kier alpha value is -1.28. The molecule has 0 atom stereocenters. The van der Waals surface area contributed by atoms with Gasteiger partial charge in [-0.05, 0) is 55.5 Å². The maximum atomic E-state index is 5.66. The Morgan fingerprint density at radius 3 is 2.68 bits per heavy atom. The molecule has 0 bridgehead atoms. The van der Waals surface area contributed by atoms with Crippen LogP contribution in [-0.2, 0) is 19.4 Å². The molecule has 0 aliphatic carbocycles. The monoisotopic (exact) mass is 258 g/mol. The van der Waals surface area contributed by atoms with Crippen LogP contribution in [0.2, 0.25) is 0 Å². The van der Waals surface area contributed by atoms with Gasteiger partial charge < -0.3 is 10.3 Å². The lowest BCUT2D eigenvalue weighted by Crippen LogP contribution is -2.00. The smallest absolute Gasteiger partial charge is 0.0483 e. The summed E-state index contributed by atoms with van der Waals surface area (Å²) in [5.74, 6) is 0. The van der Waals surface area contributed by atoms with Crippen LogP contribution in [0.1, 0.15) is 44.2 Å². The molecule has 2 heteroatoms. The standard InChI is InChI=1S/C17H26N2/c1-3-5-11-19-13-15(7-6-10-18)16-12-14(4-2)8-9-17(16)19/h8-9,12-13H,3-7,10-11,18H2,1-2H3. The van der Waals surface area contributed by atoms with Crippen LogP contribution in [0.3, 0.4) is 0 Å².